The van der Waals surface area contributed by atoms with Crippen molar-refractivity contribution >= 4 is 27.5 Å². The molecule has 2 atom stereocenters. The van der Waals surface area contributed by atoms with E-state index < -0.39 is 0 Å². The van der Waals surface area contributed by atoms with Crippen molar-refractivity contribution in [3.63, 3.8) is 0 Å². The minimum Gasteiger partial charge on any atom is -0.123 e. The van der Waals surface area contributed by atoms with Crippen LogP contribution in [0.2, 0.25) is 0 Å². The van der Waals surface area contributed by atoms with Gasteiger partial charge in [0.2, 0.25) is 0 Å². The van der Waals surface area contributed by atoms with Crippen LogP contribution in [0.5, 0.6) is 0 Å². The minimum absolute atomic E-state index is 0.448. The van der Waals surface area contributed by atoms with Crippen molar-refractivity contribution in [3.05, 3.63) is 0 Å². The van der Waals surface area contributed by atoms with E-state index in [9.17, 15) is 0 Å². The first-order chi connectivity index (χ1) is 3.29. The highest BCUT2D eigenvalue weighted by molar-refractivity contribution is 9.09. The molecule has 0 aliphatic heterocycles. The zero-order valence-electron chi connectivity index (χ0n) is 4.03. The van der Waals surface area contributed by atoms with Gasteiger partial charge in [0, 0.05) is 10.2 Å². The second-order valence-electron chi connectivity index (χ2n) is 2.01. The predicted octanol–water partition coefficient (Wildman–Crippen LogP) is 2.54. The van der Waals surface area contributed by atoms with Crippen molar-refractivity contribution in [2.75, 3.05) is 0 Å². The summed E-state index contributed by atoms with van der Waals surface area (Å²) < 4.78 is 0. The number of hydrogen-bond donors (Lipinski definition) is 0. The number of halogens is 2. The van der Waals surface area contributed by atoms with E-state index in [4.69, 9.17) is 11.6 Å². The second kappa shape index (κ2) is 2.36. The van der Waals surface area contributed by atoms with Gasteiger partial charge in [-0.25, -0.2) is 0 Å². The standard InChI is InChI=1S/C5H8BrCl/c6-4-1-2-5(7)3-4/h4-5H,1-3H2. The van der Waals surface area contributed by atoms with E-state index in [1.54, 1.807) is 0 Å². The summed E-state index contributed by atoms with van der Waals surface area (Å²) in [5, 5.41) is 0.448. The highest BCUT2D eigenvalue weighted by Gasteiger charge is 2.19. The van der Waals surface area contributed by atoms with Crippen molar-refractivity contribution in [3.8, 4) is 0 Å². The van der Waals surface area contributed by atoms with Crippen LogP contribution in [0.3, 0.4) is 0 Å². The molecule has 0 heterocycles. The van der Waals surface area contributed by atoms with Gasteiger partial charge >= 0.3 is 0 Å². The maximum Gasteiger partial charge on any atom is 0.0347 e. The fourth-order valence-corrected chi connectivity index (χ4v) is 2.15. The molecule has 2 heteroatoms. The second-order valence-corrected chi connectivity index (χ2v) is 3.92. The lowest BCUT2D eigenvalue weighted by molar-refractivity contribution is 0.895. The lowest BCUT2D eigenvalue weighted by Gasteiger charge is -1.92. The summed E-state index contributed by atoms with van der Waals surface area (Å²) >= 11 is 9.27. The molecule has 0 radical (unpaired) electrons. The zero-order valence-corrected chi connectivity index (χ0v) is 6.37. The highest BCUT2D eigenvalue weighted by atomic mass is 79.9. The molecule has 0 bridgehead atoms. The number of alkyl halides is 2. The van der Waals surface area contributed by atoms with Gasteiger partial charge in [0.25, 0.3) is 0 Å². The topological polar surface area (TPSA) is 0 Å². The molecule has 0 aromatic rings. The molecule has 0 spiro atoms. The Balaban J connectivity index is 2.26. The van der Waals surface area contributed by atoms with E-state index in [2.05, 4.69) is 15.9 Å². The Morgan fingerprint density at radius 1 is 1.43 bits per heavy atom. The van der Waals surface area contributed by atoms with Gasteiger partial charge in [-0.05, 0) is 19.3 Å². The van der Waals surface area contributed by atoms with Crippen LogP contribution in [0, 0.1) is 0 Å². The van der Waals surface area contributed by atoms with Crippen LogP contribution in [0.4, 0.5) is 0 Å². The fourth-order valence-electron chi connectivity index (χ4n) is 0.875. The monoisotopic (exact) mass is 182 g/mol. The van der Waals surface area contributed by atoms with Crippen LogP contribution in [0.25, 0.3) is 0 Å². The van der Waals surface area contributed by atoms with Crippen LogP contribution >= 0.6 is 27.5 Å². The van der Waals surface area contributed by atoms with Gasteiger partial charge in [0.1, 0.15) is 0 Å². The third-order valence-electron chi connectivity index (χ3n) is 1.30. The van der Waals surface area contributed by atoms with Gasteiger partial charge in [-0.15, -0.1) is 11.6 Å². The smallest absolute Gasteiger partial charge is 0.0347 e. The number of hydrogen-bond acceptors (Lipinski definition) is 0. The van der Waals surface area contributed by atoms with Crippen molar-refractivity contribution < 1.29 is 0 Å². The molecule has 1 aliphatic rings. The molecular weight excluding hydrogens is 175 g/mol. The molecule has 0 N–H and O–H groups in total. The average molecular weight is 183 g/mol. The Labute approximate surface area is 57.4 Å². The van der Waals surface area contributed by atoms with Gasteiger partial charge in [-0.1, -0.05) is 15.9 Å². The lowest BCUT2D eigenvalue weighted by Crippen LogP contribution is -1.89. The molecular formula is C5H8BrCl. The first-order valence-corrected chi connectivity index (χ1v) is 3.92. The summed E-state index contributed by atoms with van der Waals surface area (Å²) in [6.07, 6.45) is 3.60. The summed E-state index contributed by atoms with van der Waals surface area (Å²) in [5.41, 5.74) is 0. The molecule has 0 aromatic carbocycles. The molecule has 42 valence electrons. The SMILES string of the molecule is ClC1CCC(Br)C1. The third-order valence-corrected chi connectivity index (χ3v) is 2.53. The highest BCUT2D eigenvalue weighted by Crippen LogP contribution is 2.28. The Bertz CT molecular complexity index is 57.1. The average Bonchev–Trinajstić information content (AvgIpc) is 1.87. The van der Waals surface area contributed by atoms with Crippen molar-refractivity contribution in [2.24, 2.45) is 0 Å². The minimum atomic E-state index is 0.448. The zero-order chi connectivity index (χ0) is 5.28. The largest absolute Gasteiger partial charge is 0.123 e. The van der Waals surface area contributed by atoms with E-state index in [1.165, 1.54) is 12.8 Å². The Hall–Kier alpha value is 0.770. The van der Waals surface area contributed by atoms with E-state index in [-0.39, 0.29) is 0 Å². The fraction of sp³-hybridized carbons (Fsp3) is 1.00. The van der Waals surface area contributed by atoms with Crippen LogP contribution < -0.4 is 0 Å². The Kier molecular flexibility index (Phi) is 1.99. The molecule has 1 rings (SSSR count). The lowest BCUT2D eigenvalue weighted by atomic mass is 10.4. The summed E-state index contributed by atoms with van der Waals surface area (Å²) in [4.78, 5) is 0.704. The Morgan fingerprint density at radius 3 is 2.29 bits per heavy atom. The summed E-state index contributed by atoms with van der Waals surface area (Å²) in [6.45, 7) is 0. The van der Waals surface area contributed by atoms with Gasteiger partial charge in [0.05, 0.1) is 0 Å². The normalized spacial score (nSPS) is 42.0. The van der Waals surface area contributed by atoms with E-state index >= 15 is 0 Å². The van der Waals surface area contributed by atoms with E-state index in [0.29, 0.717) is 10.2 Å². The molecule has 2 unspecified atom stereocenters. The van der Waals surface area contributed by atoms with Crippen LogP contribution in [-0.4, -0.2) is 10.2 Å². The van der Waals surface area contributed by atoms with E-state index in [1.807, 2.05) is 0 Å². The number of rotatable bonds is 0. The predicted molar refractivity (Wildman–Crippen MR) is 36.2 cm³/mol. The first kappa shape index (κ1) is 5.90. The Morgan fingerprint density at radius 2 is 2.14 bits per heavy atom. The van der Waals surface area contributed by atoms with Crippen LogP contribution in [0.15, 0.2) is 0 Å². The maximum absolute atomic E-state index is 5.78. The maximum atomic E-state index is 5.78. The summed E-state index contributed by atoms with van der Waals surface area (Å²) in [6, 6.07) is 0. The molecule has 0 saturated heterocycles. The van der Waals surface area contributed by atoms with E-state index in [0.717, 1.165) is 6.42 Å². The molecule has 0 nitrogen and oxygen atoms in total. The molecule has 1 aliphatic carbocycles. The summed E-state index contributed by atoms with van der Waals surface area (Å²) in [7, 11) is 0. The van der Waals surface area contributed by atoms with Crippen LogP contribution in [-0.2, 0) is 0 Å². The van der Waals surface area contributed by atoms with Gasteiger partial charge in [-0.3, -0.25) is 0 Å². The quantitative estimate of drug-likeness (QED) is 0.506. The van der Waals surface area contributed by atoms with Crippen molar-refractivity contribution in [1.29, 1.82) is 0 Å². The summed E-state index contributed by atoms with van der Waals surface area (Å²) in [5.74, 6) is 0. The van der Waals surface area contributed by atoms with Crippen molar-refractivity contribution in [1.82, 2.24) is 0 Å². The van der Waals surface area contributed by atoms with Crippen LogP contribution in [0.1, 0.15) is 19.3 Å². The molecule has 1 fully saturated rings. The molecule has 1 saturated carbocycles. The van der Waals surface area contributed by atoms with Gasteiger partial charge < -0.3 is 0 Å². The van der Waals surface area contributed by atoms with Gasteiger partial charge in [0.15, 0.2) is 0 Å². The molecule has 7 heavy (non-hydrogen) atoms. The third kappa shape index (κ3) is 1.61. The van der Waals surface area contributed by atoms with Gasteiger partial charge in [-0.2, -0.15) is 0 Å². The molecule has 0 amide bonds. The van der Waals surface area contributed by atoms with Crippen molar-refractivity contribution in [2.45, 2.75) is 29.5 Å². The first-order valence-electron chi connectivity index (χ1n) is 2.57. The molecule has 0 aromatic heterocycles.